The molecule has 0 N–H and O–H groups in total. The third-order valence-electron chi connectivity index (χ3n) is 5.37. The third kappa shape index (κ3) is 3.01. The molecule has 1 aliphatic rings. The predicted molar refractivity (Wildman–Crippen MR) is 91.6 cm³/mol. The first-order valence-electron chi connectivity index (χ1n) is 8.18. The average molecular weight is 325 g/mol. The summed E-state index contributed by atoms with van der Waals surface area (Å²) in [6.45, 7) is 8.57. The standard InChI is InChI=1S/C20H23NO3/c1-19(2)17(20(19,3)4)18(22)23-13-14-9-8-12-16(21-14)24-15-10-6-5-7-11-15/h5-12,17H,13H2,1-4H3. The van der Waals surface area contributed by atoms with Gasteiger partial charge in [0, 0.05) is 6.07 Å². The van der Waals surface area contributed by atoms with Crippen LogP contribution < -0.4 is 4.74 Å². The number of hydrogen-bond acceptors (Lipinski definition) is 4. The molecule has 0 atom stereocenters. The normalized spacial score (nSPS) is 18.0. The largest absolute Gasteiger partial charge is 0.459 e. The maximum atomic E-state index is 12.3. The van der Waals surface area contributed by atoms with Crippen molar-refractivity contribution in [3.8, 4) is 11.6 Å². The van der Waals surface area contributed by atoms with Gasteiger partial charge in [0.05, 0.1) is 11.6 Å². The second kappa shape index (κ2) is 5.93. The Bertz CT molecular complexity index is 724. The lowest BCUT2D eigenvalue weighted by atomic mass is 10.0. The van der Waals surface area contributed by atoms with Crippen molar-refractivity contribution in [1.82, 2.24) is 4.98 Å². The zero-order valence-corrected chi connectivity index (χ0v) is 14.6. The van der Waals surface area contributed by atoms with Gasteiger partial charge in [0.2, 0.25) is 5.88 Å². The third-order valence-corrected chi connectivity index (χ3v) is 5.37. The number of ether oxygens (including phenoxy) is 2. The van der Waals surface area contributed by atoms with Gasteiger partial charge < -0.3 is 9.47 Å². The second-order valence-electron chi connectivity index (χ2n) is 7.37. The number of pyridine rings is 1. The van der Waals surface area contributed by atoms with Crippen molar-refractivity contribution in [1.29, 1.82) is 0 Å². The molecular weight excluding hydrogens is 302 g/mol. The number of carbonyl (C=O) groups excluding carboxylic acids is 1. The van der Waals surface area contributed by atoms with Crippen molar-refractivity contribution in [2.24, 2.45) is 16.7 Å². The molecule has 1 saturated carbocycles. The smallest absolute Gasteiger partial charge is 0.310 e. The van der Waals surface area contributed by atoms with Crippen molar-refractivity contribution in [3.05, 3.63) is 54.2 Å². The van der Waals surface area contributed by atoms with Gasteiger partial charge in [-0.2, -0.15) is 0 Å². The maximum absolute atomic E-state index is 12.3. The highest BCUT2D eigenvalue weighted by molar-refractivity contribution is 5.78. The topological polar surface area (TPSA) is 48.4 Å². The van der Waals surface area contributed by atoms with Crippen LogP contribution in [-0.4, -0.2) is 11.0 Å². The molecule has 4 heteroatoms. The van der Waals surface area contributed by atoms with Crippen LogP contribution in [0.25, 0.3) is 0 Å². The summed E-state index contributed by atoms with van der Waals surface area (Å²) in [5.74, 6) is 0.998. The summed E-state index contributed by atoms with van der Waals surface area (Å²) < 4.78 is 11.2. The van der Waals surface area contributed by atoms with E-state index in [2.05, 4.69) is 32.7 Å². The van der Waals surface area contributed by atoms with Crippen molar-refractivity contribution >= 4 is 5.97 Å². The van der Waals surface area contributed by atoms with E-state index in [1.165, 1.54) is 0 Å². The molecule has 126 valence electrons. The van der Waals surface area contributed by atoms with Crippen LogP contribution in [0.5, 0.6) is 11.6 Å². The molecule has 1 aromatic carbocycles. The van der Waals surface area contributed by atoms with E-state index in [1.54, 1.807) is 6.07 Å². The van der Waals surface area contributed by atoms with Gasteiger partial charge in [-0.25, -0.2) is 4.98 Å². The number of rotatable bonds is 5. The van der Waals surface area contributed by atoms with Gasteiger partial charge in [0.15, 0.2) is 0 Å². The molecule has 0 saturated heterocycles. The molecule has 0 radical (unpaired) electrons. The van der Waals surface area contributed by atoms with Crippen molar-refractivity contribution < 1.29 is 14.3 Å². The first-order chi connectivity index (χ1) is 11.3. The minimum absolute atomic E-state index is 0.0181. The van der Waals surface area contributed by atoms with Crippen LogP contribution in [0.4, 0.5) is 0 Å². The minimum atomic E-state index is -0.152. The number of hydrogen-bond donors (Lipinski definition) is 0. The lowest BCUT2D eigenvalue weighted by Gasteiger charge is -2.08. The number of nitrogens with zero attached hydrogens (tertiary/aromatic N) is 1. The fraction of sp³-hybridized carbons (Fsp3) is 0.400. The van der Waals surface area contributed by atoms with Gasteiger partial charge in [0.25, 0.3) is 0 Å². The van der Waals surface area contributed by atoms with E-state index in [0.29, 0.717) is 11.6 Å². The van der Waals surface area contributed by atoms with Gasteiger partial charge in [-0.05, 0) is 29.0 Å². The highest BCUT2D eigenvalue weighted by atomic mass is 16.5. The SMILES string of the molecule is CC1(C)C(C(=O)OCc2cccc(Oc3ccccc3)n2)C1(C)C. The molecule has 0 amide bonds. The van der Waals surface area contributed by atoms with E-state index in [9.17, 15) is 4.79 Å². The monoisotopic (exact) mass is 325 g/mol. The van der Waals surface area contributed by atoms with Crippen LogP contribution in [0, 0.1) is 16.7 Å². The molecule has 4 nitrogen and oxygen atoms in total. The lowest BCUT2D eigenvalue weighted by molar-refractivity contribution is -0.148. The molecule has 1 heterocycles. The molecule has 24 heavy (non-hydrogen) atoms. The number of benzene rings is 1. The molecule has 0 aliphatic heterocycles. The summed E-state index contributed by atoms with van der Waals surface area (Å²) in [6, 6.07) is 14.9. The number of esters is 1. The van der Waals surface area contributed by atoms with E-state index in [-0.39, 0.29) is 29.3 Å². The van der Waals surface area contributed by atoms with E-state index in [0.717, 1.165) is 5.75 Å². The molecule has 0 spiro atoms. The highest BCUT2D eigenvalue weighted by Crippen LogP contribution is 2.68. The fourth-order valence-corrected chi connectivity index (χ4v) is 3.22. The molecule has 1 fully saturated rings. The van der Waals surface area contributed by atoms with E-state index < -0.39 is 0 Å². The van der Waals surface area contributed by atoms with Gasteiger partial charge in [-0.3, -0.25) is 4.79 Å². The zero-order chi connectivity index (χ0) is 17.4. The van der Waals surface area contributed by atoms with Crippen molar-refractivity contribution in [2.45, 2.75) is 34.3 Å². The predicted octanol–water partition coefficient (Wildman–Crippen LogP) is 4.60. The first kappa shape index (κ1) is 16.5. The molecule has 0 bridgehead atoms. The van der Waals surface area contributed by atoms with Crippen LogP contribution in [-0.2, 0) is 16.1 Å². The molecule has 0 unspecified atom stereocenters. The molecule has 2 aromatic rings. The maximum Gasteiger partial charge on any atom is 0.310 e. The van der Waals surface area contributed by atoms with Crippen molar-refractivity contribution in [2.75, 3.05) is 0 Å². The average Bonchev–Trinajstić information content (AvgIpc) is 2.96. The Hall–Kier alpha value is -2.36. The van der Waals surface area contributed by atoms with E-state index in [4.69, 9.17) is 9.47 Å². The first-order valence-corrected chi connectivity index (χ1v) is 8.18. The Morgan fingerprint density at radius 1 is 1.00 bits per heavy atom. The quantitative estimate of drug-likeness (QED) is 0.754. The number of carbonyl (C=O) groups is 1. The summed E-state index contributed by atoms with van der Waals surface area (Å²) in [5, 5.41) is 0. The summed E-state index contributed by atoms with van der Waals surface area (Å²) in [6.07, 6.45) is 0. The summed E-state index contributed by atoms with van der Waals surface area (Å²) in [7, 11) is 0. The molecule has 1 aliphatic carbocycles. The zero-order valence-electron chi connectivity index (χ0n) is 14.6. The molecular formula is C20H23NO3. The Morgan fingerprint density at radius 2 is 1.67 bits per heavy atom. The number of para-hydroxylation sites is 1. The van der Waals surface area contributed by atoms with Gasteiger partial charge in [-0.1, -0.05) is 52.0 Å². The minimum Gasteiger partial charge on any atom is -0.459 e. The van der Waals surface area contributed by atoms with E-state index in [1.807, 2.05) is 42.5 Å². The van der Waals surface area contributed by atoms with Crippen LogP contribution in [0.3, 0.4) is 0 Å². The summed E-state index contributed by atoms with van der Waals surface area (Å²) in [5.41, 5.74) is 0.638. The van der Waals surface area contributed by atoms with Crippen molar-refractivity contribution in [3.63, 3.8) is 0 Å². The van der Waals surface area contributed by atoms with Gasteiger partial charge >= 0.3 is 5.97 Å². The summed E-state index contributed by atoms with van der Waals surface area (Å²) in [4.78, 5) is 16.7. The Balaban J connectivity index is 1.61. The Kier molecular flexibility index (Phi) is 4.08. The number of aromatic nitrogens is 1. The Labute approximate surface area is 142 Å². The molecule has 1 aromatic heterocycles. The fourth-order valence-electron chi connectivity index (χ4n) is 3.22. The van der Waals surface area contributed by atoms with Gasteiger partial charge in [0.1, 0.15) is 12.4 Å². The van der Waals surface area contributed by atoms with Crippen LogP contribution in [0.15, 0.2) is 48.5 Å². The highest BCUT2D eigenvalue weighted by Gasteiger charge is 2.69. The van der Waals surface area contributed by atoms with Gasteiger partial charge in [-0.15, -0.1) is 0 Å². The Morgan fingerprint density at radius 3 is 2.29 bits per heavy atom. The second-order valence-corrected chi connectivity index (χ2v) is 7.37. The van der Waals surface area contributed by atoms with Crippen LogP contribution >= 0.6 is 0 Å². The van der Waals surface area contributed by atoms with E-state index >= 15 is 0 Å². The lowest BCUT2D eigenvalue weighted by Crippen LogP contribution is -2.12. The van der Waals surface area contributed by atoms with Crippen LogP contribution in [0.2, 0.25) is 0 Å². The van der Waals surface area contributed by atoms with Crippen LogP contribution in [0.1, 0.15) is 33.4 Å². The molecule has 3 rings (SSSR count). The summed E-state index contributed by atoms with van der Waals surface area (Å²) >= 11 is 0.